The van der Waals surface area contributed by atoms with Crippen LogP contribution in [0, 0.1) is 13.8 Å². The zero-order valence-corrected chi connectivity index (χ0v) is 18.5. The number of nitrogens with one attached hydrogen (secondary N) is 1. The van der Waals surface area contributed by atoms with Crippen LogP contribution in [-0.4, -0.2) is 21.3 Å². The summed E-state index contributed by atoms with van der Waals surface area (Å²) in [5.41, 5.74) is 7.70. The van der Waals surface area contributed by atoms with Crippen LogP contribution in [-0.2, 0) is 0 Å². The Morgan fingerprint density at radius 1 is 0.935 bits per heavy atom. The molecular weight excluding hydrogens is 431 g/mol. The molecule has 1 N–H and O–H groups in total. The molecule has 0 saturated heterocycles. The van der Waals surface area contributed by atoms with Crippen LogP contribution in [0.4, 0.5) is 0 Å². The number of carbonyl (C=O) groups excluding carboxylic acids is 1. The molecule has 2 heterocycles. The van der Waals surface area contributed by atoms with Gasteiger partial charge in [0, 0.05) is 34.0 Å². The van der Waals surface area contributed by atoms with Crippen LogP contribution < -0.4 is 5.43 Å². The lowest BCUT2D eigenvalue weighted by molar-refractivity contribution is 0.0955. The zero-order chi connectivity index (χ0) is 22.0. The van der Waals surface area contributed by atoms with Gasteiger partial charge in [-0.1, -0.05) is 23.2 Å². The molecule has 0 radical (unpaired) electrons. The zero-order valence-electron chi connectivity index (χ0n) is 17.0. The van der Waals surface area contributed by atoms with Crippen molar-refractivity contribution in [2.75, 3.05) is 0 Å². The number of hydrazone groups is 1. The predicted molar refractivity (Wildman–Crippen MR) is 126 cm³/mol. The molecule has 0 aliphatic heterocycles. The molecule has 0 atom stereocenters. The molecule has 2 aromatic carbocycles. The summed E-state index contributed by atoms with van der Waals surface area (Å²) in [5, 5.41) is 5.16. The van der Waals surface area contributed by atoms with Gasteiger partial charge in [-0.15, -0.1) is 0 Å². The second kappa shape index (κ2) is 8.84. The number of benzene rings is 2. The molecule has 156 valence electrons. The van der Waals surface area contributed by atoms with Crippen molar-refractivity contribution in [2.24, 2.45) is 5.10 Å². The summed E-state index contributed by atoms with van der Waals surface area (Å²) in [6, 6.07) is 20.7. The van der Waals surface area contributed by atoms with E-state index in [0.29, 0.717) is 15.6 Å². The minimum absolute atomic E-state index is 0.358. The molecule has 0 aliphatic rings. The summed E-state index contributed by atoms with van der Waals surface area (Å²) in [6.45, 7) is 4.03. The van der Waals surface area contributed by atoms with Gasteiger partial charge >= 0.3 is 0 Å². The first-order valence-corrected chi connectivity index (χ1v) is 10.4. The lowest BCUT2D eigenvalue weighted by Crippen LogP contribution is -2.19. The Morgan fingerprint density at radius 2 is 1.61 bits per heavy atom. The fraction of sp³-hybridized carbons (Fsp3) is 0.0833. The molecule has 7 heteroatoms. The molecule has 31 heavy (non-hydrogen) atoms. The first-order valence-electron chi connectivity index (χ1n) is 9.65. The smallest absolute Gasteiger partial charge is 0.272 e. The van der Waals surface area contributed by atoms with Crippen molar-refractivity contribution in [2.45, 2.75) is 13.8 Å². The molecular formula is C24H20Cl2N4O. The largest absolute Gasteiger partial charge is 0.318 e. The maximum Gasteiger partial charge on any atom is 0.272 e. The van der Waals surface area contributed by atoms with Crippen molar-refractivity contribution >= 4 is 35.3 Å². The van der Waals surface area contributed by atoms with Crippen LogP contribution in [0.15, 0.2) is 78.0 Å². The number of aromatic nitrogens is 2. The molecule has 0 fully saturated rings. The van der Waals surface area contributed by atoms with Crippen molar-refractivity contribution < 1.29 is 4.79 Å². The summed E-state index contributed by atoms with van der Waals surface area (Å²) in [4.78, 5) is 12.7. The van der Waals surface area contributed by atoms with E-state index in [1.54, 1.807) is 18.3 Å². The quantitative estimate of drug-likeness (QED) is 0.296. The van der Waals surface area contributed by atoms with Crippen LogP contribution in [0.1, 0.15) is 27.4 Å². The van der Waals surface area contributed by atoms with Gasteiger partial charge < -0.3 is 9.13 Å². The Bertz CT molecular complexity index is 1250. The Hall–Kier alpha value is -3.28. The summed E-state index contributed by atoms with van der Waals surface area (Å²) < 4.78 is 4.01. The van der Waals surface area contributed by atoms with E-state index in [-0.39, 0.29) is 5.91 Å². The molecule has 0 spiro atoms. The molecule has 4 rings (SSSR count). The van der Waals surface area contributed by atoms with Gasteiger partial charge in [0.05, 0.1) is 22.5 Å². The molecule has 2 aromatic heterocycles. The first kappa shape index (κ1) is 21.0. The lowest BCUT2D eigenvalue weighted by Gasteiger charge is -2.12. The van der Waals surface area contributed by atoms with Crippen molar-refractivity contribution in [1.82, 2.24) is 14.6 Å². The van der Waals surface area contributed by atoms with Gasteiger partial charge in [-0.2, -0.15) is 5.10 Å². The van der Waals surface area contributed by atoms with Crippen LogP contribution in [0.25, 0.3) is 11.4 Å². The Kier molecular flexibility index (Phi) is 5.98. The van der Waals surface area contributed by atoms with Crippen LogP contribution in [0.5, 0.6) is 0 Å². The second-order valence-corrected chi connectivity index (χ2v) is 7.94. The number of aryl methyl sites for hydroxylation is 2. The van der Waals surface area contributed by atoms with E-state index < -0.39 is 0 Å². The molecule has 0 saturated carbocycles. The fourth-order valence-corrected chi connectivity index (χ4v) is 3.78. The van der Waals surface area contributed by atoms with Gasteiger partial charge in [0.1, 0.15) is 0 Å². The third kappa shape index (κ3) is 4.43. The van der Waals surface area contributed by atoms with E-state index >= 15 is 0 Å². The average molecular weight is 451 g/mol. The monoisotopic (exact) mass is 450 g/mol. The summed E-state index contributed by atoms with van der Waals surface area (Å²) >= 11 is 12.3. The van der Waals surface area contributed by atoms with Crippen molar-refractivity contribution in [3.05, 3.63) is 106 Å². The Labute approximate surface area is 190 Å². The van der Waals surface area contributed by atoms with E-state index in [9.17, 15) is 4.79 Å². The second-order valence-electron chi connectivity index (χ2n) is 7.09. The number of halogens is 2. The molecule has 0 aliphatic carbocycles. The normalized spacial score (nSPS) is 11.2. The lowest BCUT2D eigenvalue weighted by atomic mass is 10.2. The maximum atomic E-state index is 12.7. The van der Waals surface area contributed by atoms with E-state index in [4.69, 9.17) is 23.2 Å². The maximum absolute atomic E-state index is 12.7. The Morgan fingerprint density at radius 3 is 2.32 bits per heavy atom. The number of hydrogen-bond acceptors (Lipinski definition) is 2. The molecule has 4 aromatic rings. The first-order chi connectivity index (χ1) is 14.9. The van der Waals surface area contributed by atoms with E-state index in [2.05, 4.69) is 15.1 Å². The van der Waals surface area contributed by atoms with Gasteiger partial charge in [0.25, 0.3) is 5.91 Å². The van der Waals surface area contributed by atoms with Gasteiger partial charge in [-0.05, 0) is 80.6 Å². The minimum Gasteiger partial charge on any atom is -0.318 e. The number of hydrogen-bond donors (Lipinski definition) is 1. The summed E-state index contributed by atoms with van der Waals surface area (Å²) in [6.07, 6.45) is 3.50. The van der Waals surface area contributed by atoms with Gasteiger partial charge in [0.2, 0.25) is 0 Å². The van der Waals surface area contributed by atoms with Gasteiger partial charge in [0.15, 0.2) is 0 Å². The van der Waals surface area contributed by atoms with E-state index in [1.807, 2.05) is 79.2 Å². The standard InChI is InChI=1S/C24H20Cl2N4O/c1-16-5-6-17(2)30(16)20-11-12-23(26)22(14-20)24(31)28-27-15-21-4-3-13-29(21)19-9-7-18(25)8-10-19/h3-15H,1-2H3,(H,28,31). The summed E-state index contributed by atoms with van der Waals surface area (Å²) in [7, 11) is 0. The number of nitrogens with zero attached hydrogens (tertiary/aromatic N) is 3. The van der Waals surface area contributed by atoms with Gasteiger partial charge in [-0.3, -0.25) is 4.79 Å². The minimum atomic E-state index is -0.379. The number of carbonyl (C=O) groups is 1. The third-order valence-electron chi connectivity index (χ3n) is 4.97. The average Bonchev–Trinajstić information content (AvgIpc) is 3.35. The van der Waals surface area contributed by atoms with E-state index in [1.165, 1.54) is 0 Å². The number of rotatable bonds is 5. The predicted octanol–water partition coefficient (Wildman–Crippen LogP) is 5.96. The van der Waals surface area contributed by atoms with Crippen molar-refractivity contribution in [1.29, 1.82) is 0 Å². The highest BCUT2D eigenvalue weighted by molar-refractivity contribution is 6.34. The molecule has 0 unspecified atom stereocenters. The van der Waals surface area contributed by atoms with Crippen molar-refractivity contribution in [3.8, 4) is 11.4 Å². The van der Waals surface area contributed by atoms with Crippen molar-refractivity contribution in [3.63, 3.8) is 0 Å². The molecule has 1 amide bonds. The summed E-state index contributed by atoms with van der Waals surface area (Å²) in [5.74, 6) is -0.379. The highest BCUT2D eigenvalue weighted by Crippen LogP contribution is 2.23. The number of amides is 1. The van der Waals surface area contributed by atoms with Crippen LogP contribution in [0.2, 0.25) is 10.0 Å². The highest BCUT2D eigenvalue weighted by atomic mass is 35.5. The topological polar surface area (TPSA) is 51.3 Å². The third-order valence-corrected chi connectivity index (χ3v) is 5.55. The molecule has 0 bridgehead atoms. The molecule has 5 nitrogen and oxygen atoms in total. The van der Waals surface area contributed by atoms with Crippen LogP contribution in [0.3, 0.4) is 0 Å². The van der Waals surface area contributed by atoms with Gasteiger partial charge in [-0.25, -0.2) is 5.43 Å². The highest BCUT2D eigenvalue weighted by Gasteiger charge is 2.13. The fourth-order valence-electron chi connectivity index (χ4n) is 3.46. The van der Waals surface area contributed by atoms with E-state index in [0.717, 1.165) is 28.5 Å². The SMILES string of the molecule is Cc1ccc(C)n1-c1ccc(Cl)c(C(=O)NN=Cc2cccn2-c2ccc(Cl)cc2)c1. The van der Waals surface area contributed by atoms with Crippen LogP contribution >= 0.6 is 23.2 Å². The Balaban J connectivity index is 1.54.